The van der Waals surface area contributed by atoms with Crippen molar-refractivity contribution in [2.24, 2.45) is 5.92 Å². The summed E-state index contributed by atoms with van der Waals surface area (Å²) in [5.41, 5.74) is 1.21. The maximum Gasteiger partial charge on any atom is 0.123 e. The maximum atomic E-state index is 5.50. The highest BCUT2D eigenvalue weighted by molar-refractivity contribution is 5.40. The molecule has 112 valence electrons. The van der Waals surface area contributed by atoms with E-state index in [-0.39, 0.29) is 0 Å². The fraction of sp³-hybridized carbons (Fsp3) is 0.647. The van der Waals surface area contributed by atoms with E-state index >= 15 is 0 Å². The third kappa shape index (κ3) is 3.45. The van der Waals surface area contributed by atoms with Gasteiger partial charge in [0.25, 0.3) is 0 Å². The first-order valence-electron chi connectivity index (χ1n) is 7.53. The van der Waals surface area contributed by atoms with E-state index in [1.165, 1.54) is 18.4 Å². The van der Waals surface area contributed by atoms with Crippen LogP contribution in [0.15, 0.2) is 18.2 Å². The zero-order chi connectivity index (χ0) is 14.7. The predicted octanol–water partition coefficient (Wildman–Crippen LogP) is 3.71. The Morgan fingerprint density at radius 2 is 1.85 bits per heavy atom. The predicted molar refractivity (Wildman–Crippen MR) is 82.4 cm³/mol. The number of ether oxygens (including phenoxy) is 2. The smallest absolute Gasteiger partial charge is 0.123 e. The molecular weight excluding hydrogens is 250 g/mol. The Labute approximate surface area is 122 Å². The molecule has 0 aromatic heterocycles. The first kappa shape index (κ1) is 15.2. The van der Waals surface area contributed by atoms with Crippen LogP contribution in [-0.2, 0) is 6.54 Å². The van der Waals surface area contributed by atoms with E-state index in [2.05, 4.69) is 31.7 Å². The third-order valence-electron chi connectivity index (χ3n) is 4.34. The van der Waals surface area contributed by atoms with Crippen molar-refractivity contribution in [1.82, 2.24) is 4.90 Å². The second-order valence-electron chi connectivity index (χ2n) is 6.07. The standard InChI is InChI=1S/C17H27NO2/c1-12(2)13(3)18(15-6-7-15)11-14-10-16(19-4)8-9-17(14)20-5/h8-10,12-13,15H,6-7,11H2,1-5H3. The molecule has 0 N–H and O–H groups in total. The molecule has 0 heterocycles. The highest BCUT2D eigenvalue weighted by Gasteiger charge is 2.33. The second-order valence-corrected chi connectivity index (χ2v) is 6.07. The summed E-state index contributed by atoms with van der Waals surface area (Å²) >= 11 is 0. The fourth-order valence-corrected chi connectivity index (χ4v) is 2.60. The van der Waals surface area contributed by atoms with E-state index in [4.69, 9.17) is 9.47 Å². The van der Waals surface area contributed by atoms with Crippen molar-refractivity contribution in [3.63, 3.8) is 0 Å². The molecule has 3 heteroatoms. The topological polar surface area (TPSA) is 21.7 Å². The van der Waals surface area contributed by atoms with Crippen LogP contribution < -0.4 is 9.47 Å². The van der Waals surface area contributed by atoms with Crippen LogP contribution in [0.25, 0.3) is 0 Å². The van der Waals surface area contributed by atoms with Crippen LogP contribution in [-0.4, -0.2) is 31.2 Å². The monoisotopic (exact) mass is 277 g/mol. The summed E-state index contributed by atoms with van der Waals surface area (Å²) in [6.07, 6.45) is 2.65. The van der Waals surface area contributed by atoms with Gasteiger partial charge in [0.2, 0.25) is 0 Å². The summed E-state index contributed by atoms with van der Waals surface area (Å²) in [4.78, 5) is 2.61. The van der Waals surface area contributed by atoms with Crippen molar-refractivity contribution in [3.8, 4) is 11.5 Å². The number of nitrogens with zero attached hydrogens (tertiary/aromatic N) is 1. The minimum Gasteiger partial charge on any atom is -0.497 e. The number of rotatable bonds is 7. The molecule has 1 aliphatic rings. The summed E-state index contributed by atoms with van der Waals surface area (Å²) in [7, 11) is 3.44. The molecule has 1 atom stereocenters. The Kier molecular flexibility index (Phi) is 4.92. The van der Waals surface area contributed by atoms with E-state index < -0.39 is 0 Å². The van der Waals surface area contributed by atoms with Gasteiger partial charge in [-0.25, -0.2) is 0 Å². The van der Waals surface area contributed by atoms with Gasteiger partial charge in [0.1, 0.15) is 11.5 Å². The largest absolute Gasteiger partial charge is 0.497 e. The van der Waals surface area contributed by atoms with Crippen molar-refractivity contribution in [3.05, 3.63) is 23.8 Å². The highest BCUT2D eigenvalue weighted by Crippen LogP contribution is 2.34. The van der Waals surface area contributed by atoms with Crippen LogP contribution >= 0.6 is 0 Å². The lowest BCUT2D eigenvalue weighted by molar-refractivity contribution is 0.149. The van der Waals surface area contributed by atoms with Gasteiger partial charge < -0.3 is 9.47 Å². The lowest BCUT2D eigenvalue weighted by Crippen LogP contribution is -2.38. The Morgan fingerprint density at radius 1 is 1.15 bits per heavy atom. The molecule has 1 fully saturated rings. The number of benzene rings is 1. The van der Waals surface area contributed by atoms with E-state index in [0.29, 0.717) is 12.0 Å². The Bertz CT molecular complexity index is 441. The summed E-state index contributed by atoms with van der Waals surface area (Å²) in [6, 6.07) is 7.37. The summed E-state index contributed by atoms with van der Waals surface area (Å²) in [6.45, 7) is 7.85. The van der Waals surface area contributed by atoms with Gasteiger partial charge in [0.05, 0.1) is 14.2 Å². The minimum atomic E-state index is 0.582. The molecule has 1 saturated carbocycles. The fourth-order valence-electron chi connectivity index (χ4n) is 2.60. The Hall–Kier alpha value is -1.22. The summed E-state index contributed by atoms with van der Waals surface area (Å²) in [5.74, 6) is 2.51. The molecule has 1 unspecified atom stereocenters. The van der Waals surface area contributed by atoms with E-state index in [1.54, 1.807) is 14.2 Å². The van der Waals surface area contributed by atoms with Crippen molar-refractivity contribution >= 4 is 0 Å². The number of hydrogen-bond acceptors (Lipinski definition) is 3. The molecular formula is C17H27NO2. The first-order chi connectivity index (χ1) is 9.56. The van der Waals surface area contributed by atoms with Crippen LogP contribution in [0.3, 0.4) is 0 Å². The van der Waals surface area contributed by atoms with E-state index in [1.807, 2.05) is 12.1 Å². The molecule has 1 aromatic rings. The van der Waals surface area contributed by atoms with Crippen LogP contribution in [0.1, 0.15) is 39.2 Å². The molecule has 2 rings (SSSR count). The van der Waals surface area contributed by atoms with Gasteiger partial charge in [-0.15, -0.1) is 0 Å². The zero-order valence-electron chi connectivity index (χ0n) is 13.3. The molecule has 0 bridgehead atoms. The average Bonchev–Trinajstić information content (AvgIpc) is 3.28. The van der Waals surface area contributed by atoms with Crippen molar-refractivity contribution in [2.75, 3.05) is 14.2 Å². The van der Waals surface area contributed by atoms with Gasteiger partial charge in [-0.05, 0) is 43.9 Å². The first-order valence-corrected chi connectivity index (χ1v) is 7.53. The second kappa shape index (κ2) is 6.49. The molecule has 1 aliphatic carbocycles. The van der Waals surface area contributed by atoms with E-state index in [9.17, 15) is 0 Å². The summed E-state index contributed by atoms with van der Waals surface area (Å²) < 4.78 is 10.8. The van der Waals surface area contributed by atoms with Gasteiger partial charge in [-0.3, -0.25) is 4.90 Å². The maximum absolute atomic E-state index is 5.50. The molecule has 20 heavy (non-hydrogen) atoms. The molecule has 0 radical (unpaired) electrons. The van der Waals surface area contributed by atoms with Crippen LogP contribution in [0, 0.1) is 5.92 Å². The number of hydrogen-bond donors (Lipinski definition) is 0. The van der Waals surface area contributed by atoms with Gasteiger partial charge in [0, 0.05) is 24.2 Å². The average molecular weight is 277 g/mol. The van der Waals surface area contributed by atoms with E-state index in [0.717, 1.165) is 24.1 Å². The minimum absolute atomic E-state index is 0.582. The van der Waals surface area contributed by atoms with Crippen LogP contribution in [0.4, 0.5) is 0 Å². The quantitative estimate of drug-likeness (QED) is 0.758. The zero-order valence-corrected chi connectivity index (χ0v) is 13.3. The van der Waals surface area contributed by atoms with Gasteiger partial charge in [0.15, 0.2) is 0 Å². The molecule has 0 amide bonds. The molecule has 3 nitrogen and oxygen atoms in total. The Balaban J connectivity index is 2.21. The molecule has 0 saturated heterocycles. The lowest BCUT2D eigenvalue weighted by atomic mass is 10.0. The normalized spacial score (nSPS) is 16.6. The van der Waals surface area contributed by atoms with Gasteiger partial charge in [-0.1, -0.05) is 13.8 Å². The lowest BCUT2D eigenvalue weighted by Gasteiger charge is -2.32. The van der Waals surface area contributed by atoms with Gasteiger partial charge in [-0.2, -0.15) is 0 Å². The molecule has 1 aromatic carbocycles. The Morgan fingerprint density at radius 3 is 2.35 bits per heavy atom. The highest BCUT2D eigenvalue weighted by atomic mass is 16.5. The number of methoxy groups -OCH3 is 2. The van der Waals surface area contributed by atoms with Crippen molar-refractivity contribution < 1.29 is 9.47 Å². The summed E-state index contributed by atoms with van der Waals surface area (Å²) in [5, 5.41) is 0. The molecule has 0 spiro atoms. The van der Waals surface area contributed by atoms with Crippen LogP contribution in [0.5, 0.6) is 11.5 Å². The van der Waals surface area contributed by atoms with Crippen molar-refractivity contribution in [2.45, 2.75) is 52.2 Å². The van der Waals surface area contributed by atoms with Crippen LogP contribution in [0.2, 0.25) is 0 Å². The SMILES string of the molecule is COc1ccc(OC)c(CN(C2CC2)C(C)C(C)C)c1. The third-order valence-corrected chi connectivity index (χ3v) is 4.34. The van der Waals surface area contributed by atoms with Gasteiger partial charge >= 0.3 is 0 Å². The van der Waals surface area contributed by atoms with Crippen molar-refractivity contribution in [1.29, 1.82) is 0 Å². The molecule has 0 aliphatic heterocycles.